The molecule has 3 rings (SSSR count). The van der Waals surface area contributed by atoms with Crippen LogP contribution in [0.4, 0.5) is 0 Å². The Morgan fingerprint density at radius 3 is 2.34 bits per heavy atom. The van der Waals surface area contributed by atoms with Crippen LogP contribution in [-0.4, -0.2) is 29.1 Å². The summed E-state index contributed by atoms with van der Waals surface area (Å²) in [6.45, 7) is 4.00. The van der Waals surface area contributed by atoms with Crippen molar-refractivity contribution in [3.63, 3.8) is 0 Å². The fraction of sp³-hybridized carbons (Fsp3) is 0.533. The highest BCUT2D eigenvalue weighted by Crippen LogP contribution is 2.20. The molecule has 0 atom stereocenters. The Labute approximate surface area is 211 Å². The van der Waals surface area contributed by atoms with E-state index in [9.17, 15) is 4.79 Å². The second kappa shape index (κ2) is 15.2. The summed E-state index contributed by atoms with van der Waals surface area (Å²) < 4.78 is 7.73. The summed E-state index contributed by atoms with van der Waals surface area (Å²) in [7, 11) is 1.59. The molecule has 0 unspecified atom stereocenters. The van der Waals surface area contributed by atoms with E-state index in [-0.39, 0.29) is 5.91 Å². The van der Waals surface area contributed by atoms with E-state index in [4.69, 9.17) is 9.72 Å². The van der Waals surface area contributed by atoms with E-state index in [1.54, 1.807) is 13.2 Å². The first kappa shape index (κ1) is 26.8. The number of nitrogens with one attached hydrogen (secondary N) is 1. The number of fused-ring (bicyclic) bond motifs is 1. The third-order valence-corrected chi connectivity index (χ3v) is 6.68. The zero-order valence-electron chi connectivity index (χ0n) is 21.7. The highest BCUT2D eigenvalue weighted by atomic mass is 16.5. The minimum absolute atomic E-state index is 0.0744. The molecule has 0 fully saturated rings. The van der Waals surface area contributed by atoms with Crippen LogP contribution in [0.5, 0.6) is 5.75 Å². The zero-order valence-corrected chi connectivity index (χ0v) is 21.7. The van der Waals surface area contributed by atoms with Crippen LogP contribution >= 0.6 is 0 Å². The molecule has 0 aliphatic carbocycles. The molecular formula is C30H43N3O2. The number of hydrogen-bond acceptors (Lipinski definition) is 3. The number of carbonyl (C=O) groups is 1. The topological polar surface area (TPSA) is 56.2 Å². The number of aromatic nitrogens is 2. The fourth-order valence-electron chi connectivity index (χ4n) is 4.68. The number of hydrogen-bond donors (Lipinski definition) is 1. The average molecular weight is 478 g/mol. The van der Waals surface area contributed by atoms with Crippen LogP contribution in [0.25, 0.3) is 11.0 Å². The van der Waals surface area contributed by atoms with Crippen LogP contribution in [0.2, 0.25) is 0 Å². The van der Waals surface area contributed by atoms with Crippen LogP contribution in [0.1, 0.15) is 93.7 Å². The highest BCUT2D eigenvalue weighted by molar-refractivity contribution is 5.96. The van der Waals surface area contributed by atoms with Crippen LogP contribution in [-0.2, 0) is 13.0 Å². The maximum absolute atomic E-state index is 12.4. The molecule has 1 N–H and O–H groups in total. The number of unbranched alkanes of at least 4 members (excludes halogenated alkanes) is 9. The van der Waals surface area contributed by atoms with Gasteiger partial charge in [-0.2, -0.15) is 0 Å². The summed E-state index contributed by atoms with van der Waals surface area (Å²) >= 11 is 0. The molecule has 190 valence electrons. The maximum atomic E-state index is 12.4. The van der Waals surface area contributed by atoms with E-state index in [1.165, 1.54) is 62.7 Å². The van der Waals surface area contributed by atoms with Crippen LogP contribution in [0, 0.1) is 0 Å². The standard InChI is InChI=1S/C30H43N3O2/c1-3-4-5-6-7-8-9-17-24-33-27-20-14-13-19-26(27)32-29(33)22-11-10-16-23-31-30(34)25-18-12-15-21-28(25)35-2/h12-15,18-21H,3-11,16-17,22-24H2,1-2H3,(H,31,34). The molecule has 1 heterocycles. The van der Waals surface area contributed by atoms with Crippen LogP contribution in [0.15, 0.2) is 48.5 Å². The van der Waals surface area contributed by atoms with E-state index in [0.717, 1.165) is 37.7 Å². The van der Waals surface area contributed by atoms with Gasteiger partial charge in [0.05, 0.1) is 23.7 Å². The Kier molecular flexibility index (Phi) is 11.7. The van der Waals surface area contributed by atoms with Crippen molar-refractivity contribution in [2.45, 2.75) is 90.5 Å². The predicted octanol–water partition coefficient (Wildman–Crippen LogP) is 7.33. The third-order valence-electron chi connectivity index (χ3n) is 6.68. The van der Waals surface area contributed by atoms with Crippen molar-refractivity contribution >= 4 is 16.9 Å². The predicted molar refractivity (Wildman–Crippen MR) is 145 cm³/mol. The minimum atomic E-state index is -0.0744. The highest BCUT2D eigenvalue weighted by Gasteiger charge is 2.12. The summed E-state index contributed by atoms with van der Waals surface area (Å²) in [5.41, 5.74) is 2.95. The van der Waals surface area contributed by atoms with E-state index in [0.29, 0.717) is 17.9 Å². The minimum Gasteiger partial charge on any atom is -0.496 e. The maximum Gasteiger partial charge on any atom is 0.255 e. The lowest BCUT2D eigenvalue weighted by molar-refractivity contribution is 0.0950. The Balaban J connectivity index is 1.41. The van der Waals surface area contributed by atoms with Gasteiger partial charge in [-0.3, -0.25) is 4.79 Å². The van der Waals surface area contributed by atoms with Crippen molar-refractivity contribution in [2.24, 2.45) is 0 Å². The number of carbonyl (C=O) groups excluding carboxylic acids is 1. The SMILES string of the molecule is CCCCCCCCCCn1c(CCCCCNC(=O)c2ccccc2OC)nc2ccccc21. The molecule has 0 saturated carbocycles. The van der Waals surface area contributed by atoms with Crippen LogP contribution < -0.4 is 10.1 Å². The molecule has 0 aliphatic rings. The number of aryl methyl sites for hydroxylation is 2. The Morgan fingerprint density at radius 1 is 0.857 bits per heavy atom. The summed E-state index contributed by atoms with van der Waals surface area (Å²) in [5.74, 6) is 1.74. The number of rotatable bonds is 17. The van der Waals surface area contributed by atoms with Gasteiger partial charge in [-0.05, 0) is 43.5 Å². The monoisotopic (exact) mass is 477 g/mol. The number of benzene rings is 2. The lowest BCUT2D eigenvalue weighted by Gasteiger charge is -2.10. The molecule has 0 radical (unpaired) electrons. The molecule has 35 heavy (non-hydrogen) atoms. The Hall–Kier alpha value is -2.82. The molecule has 1 aromatic heterocycles. The second-order valence-electron chi connectivity index (χ2n) is 9.41. The lowest BCUT2D eigenvalue weighted by Crippen LogP contribution is -2.24. The van der Waals surface area contributed by atoms with E-state index in [2.05, 4.69) is 41.1 Å². The summed E-state index contributed by atoms with van der Waals surface area (Å²) in [6.07, 6.45) is 14.7. The average Bonchev–Trinajstić information content (AvgIpc) is 3.24. The van der Waals surface area contributed by atoms with Crippen molar-refractivity contribution in [3.05, 3.63) is 59.9 Å². The number of nitrogens with zero attached hydrogens (tertiary/aromatic N) is 2. The molecule has 3 aromatic rings. The van der Waals surface area contributed by atoms with E-state index in [1.807, 2.05) is 18.2 Å². The molecular weight excluding hydrogens is 434 g/mol. The quantitative estimate of drug-likeness (QED) is 0.207. The van der Waals surface area contributed by atoms with Gasteiger partial charge in [0.15, 0.2) is 0 Å². The first-order chi connectivity index (χ1) is 17.2. The summed E-state index contributed by atoms with van der Waals surface area (Å²) in [6, 6.07) is 15.8. The first-order valence-electron chi connectivity index (χ1n) is 13.6. The van der Waals surface area contributed by atoms with Crippen molar-refractivity contribution in [3.8, 4) is 5.75 Å². The fourth-order valence-corrected chi connectivity index (χ4v) is 4.68. The van der Waals surface area contributed by atoms with E-state index >= 15 is 0 Å². The lowest BCUT2D eigenvalue weighted by atomic mass is 10.1. The molecule has 5 heteroatoms. The molecule has 0 saturated heterocycles. The van der Waals surface area contributed by atoms with Gasteiger partial charge in [0.1, 0.15) is 11.6 Å². The molecule has 2 aromatic carbocycles. The number of methoxy groups -OCH3 is 1. The zero-order chi connectivity index (χ0) is 24.7. The van der Waals surface area contributed by atoms with Crippen molar-refractivity contribution in [1.82, 2.24) is 14.9 Å². The molecule has 5 nitrogen and oxygen atoms in total. The van der Waals surface area contributed by atoms with Gasteiger partial charge < -0.3 is 14.6 Å². The number of para-hydroxylation sites is 3. The van der Waals surface area contributed by atoms with Gasteiger partial charge in [0.2, 0.25) is 0 Å². The smallest absolute Gasteiger partial charge is 0.255 e. The van der Waals surface area contributed by atoms with Gasteiger partial charge in [-0.25, -0.2) is 4.98 Å². The Bertz CT molecular complexity index is 1030. The summed E-state index contributed by atoms with van der Waals surface area (Å²) in [4.78, 5) is 17.4. The van der Waals surface area contributed by atoms with E-state index < -0.39 is 0 Å². The molecule has 1 amide bonds. The number of imidazole rings is 1. The van der Waals surface area contributed by atoms with Crippen LogP contribution in [0.3, 0.4) is 0 Å². The second-order valence-corrected chi connectivity index (χ2v) is 9.41. The molecule has 0 spiro atoms. The largest absolute Gasteiger partial charge is 0.496 e. The van der Waals surface area contributed by atoms with Crippen molar-refractivity contribution in [2.75, 3.05) is 13.7 Å². The molecule has 0 bridgehead atoms. The normalized spacial score (nSPS) is 11.1. The molecule has 0 aliphatic heterocycles. The number of ether oxygens (including phenoxy) is 1. The van der Waals surface area contributed by atoms with Gasteiger partial charge in [0.25, 0.3) is 5.91 Å². The van der Waals surface area contributed by atoms with Crippen molar-refractivity contribution < 1.29 is 9.53 Å². The third kappa shape index (κ3) is 8.41. The number of amides is 1. The van der Waals surface area contributed by atoms with Gasteiger partial charge in [-0.15, -0.1) is 0 Å². The van der Waals surface area contributed by atoms with Gasteiger partial charge >= 0.3 is 0 Å². The first-order valence-corrected chi connectivity index (χ1v) is 13.6. The summed E-state index contributed by atoms with van der Waals surface area (Å²) in [5, 5.41) is 3.02. The van der Waals surface area contributed by atoms with Gasteiger partial charge in [-0.1, -0.05) is 82.6 Å². The van der Waals surface area contributed by atoms with Crippen molar-refractivity contribution in [1.29, 1.82) is 0 Å². The Morgan fingerprint density at radius 2 is 1.54 bits per heavy atom. The van der Waals surface area contributed by atoms with Gasteiger partial charge in [0, 0.05) is 19.5 Å².